The van der Waals surface area contributed by atoms with E-state index in [1.807, 2.05) is 33.8 Å². The van der Waals surface area contributed by atoms with Crippen LogP contribution in [0.1, 0.15) is 27.7 Å². The Labute approximate surface area is 119 Å². The van der Waals surface area contributed by atoms with Crippen molar-refractivity contribution in [2.24, 2.45) is 0 Å². The van der Waals surface area contributed by atoms with Crippen molar-refractivity contribution in [3.05, 3.63) is 24.3 Å². The topological polar surface area (TPSA) is 49.4 Å². The van der Waals surface area contributed by atoms with E-state index in [4.69, 9.17) is 0 Å². The third-order valence-corrected chi connectivity index (χ3v) is 3.52. The number of allylic oxidation sites excluding steroid dienone is 3. The van der Waals surface area contributed by atoms with E-state index in [2.05, 4.69) is 5.32 Å². The van der Waals surface area contributed by atoms with Gasteiger partial charge in [0.25, 0.3) is 0 Å². The molecule has 106 valence electrons. The molecular formula is C14H22N2O2S. The summed E-state index contributed by atoms with van der Waals surface area (Å²) in [7, 11) is 0. The van der Waals surface area contributed by atoms with Crippen LogP contribution < -0.4 is 5.32 Å². The first-order valence-electron chi connectivity index (χ1n) is 6.35. The number of rotatable bonds is 3. The Balaban J connectivity index is 2.68. The summed E-state index contributed by atoms with van der Waals surface area (Å²) in [5, 5.41) is 2.93. The highest BCUT2D eigenvalue weighted by Crippen LogP contribution is 2.22. The van der Waals surface area contributed by atoms with Gasteiger partial charge >= 0.3 is 0 Å². The van der Waals surface area contributed by atoms with Crippen LogP contribution in [0, 0.1) is 0 Å². The number of nitrogens with one attached hydrogen (secondary N) is 1. The van der Waals surface area contributed by atoms with E-state index < -0.39 is 0 Å². The molecule has 0 aromatic heterocycles. The van der Waals surface area contributed by atoms with Crippen molar-refractivity contribution in [2.45, 2.75) is 39.3 Å². The summed E-state index contributed by atoms with van der Waals surface area (Å²) >= 11 is 1.60. The Morgan fingerprint density at radius 3 is 2.58 bits per heavy atom. The van der Waals surface area contributed by atoms with Gasteiger partial charge in [0.1, 0.15) is 6.04 Å². The summed E-state index contributed by atoms with van der Waals surface area (Å²) in [6, 6.07) is -0.369. The van der Waals surface area contributed by atoms with Crippen LogP contribution in [0.25, 0.3) is 0 Å². The average Bonchev–Trinajstić information content (AvgIpc) is 2.75. The maximum Gasteiger partial charge on any atom is 0.247 e. The molecule has 1 saturated heterocycles. The number of nitrogens with zero attached hydrogens (tertiary/aromatic N) is 1. The average molecular weight is 282 g/mol. The first-order chi connectivity index (χ1) is 8.85. The van der Waals surface area contributed by atoms with Crippen molar-refractivity contribution in [3.8, 4) is 0 Å². The zero-order valence-electron chi connectivity index (χ0n) is 12.0. The Morgan fingerprint density at radius 2 is 2.00 bits per heavy atom. The fraction of sp³-hybridized carbons (Fsp3) is 0.571. The van der Waals surface area contributed by atoms with Crippen LogP contribution >= 0.6 is 11.8 Å². The molecular weight excluding hydrogens is 260 g/mol. The molecule has 0 aliphatic carbocycles. The fourth-order valence-corrected chi connectivity index (χ4v) is 2.84. The molecule has 0 aromatic rings. The number of carbonyl (C=O) groups excluding carboxylic acids is 2. The van der Waals surface area contributed by atoms with Crippen molar-refractivity contribution in [2.75, 3.05) is 11.6 Å². The zero-order chi connectivity index (χ0) is 14.5. The molecule has 19 heavy (non-hydrogen) atoms. The number of carbonyl (C=O) groups is 2. The van der Waals surface area contributed by atoms with E-state index in [9.17, 15) is 9.59 Å². The Bertz CT molecular complexity index is 397. The van der Waals surface area contributed by atoms with E-state index in [-0.39, 0.29) is 23.4 Å². The van der Waals surface area contributed by atoms with Gasteiger partial charge in [0.2, 0.25) is 11.8 Å². The van der Waals surface area contributed by atoms with Crippen LogP contribution in [0.2, 0.25) is 0 Å². The van der Waals surface area contributed by atoms with Gasteiger partial charge in [0.15, 0.2) is 0 Å². The third kappa shape index (κ3) is 5.11. The van der Waals surface area contributed by atoms with Gasteiger partial charge < -0.3 is 10.2 Å². The first kappa shape index (κ1) is 15.8. The molecule has 5 heteroatoms. The molecule has 0 bridgehead atoms. The van der Waals surface area contributed by atoms with Crippen molar-refractivity contribution in [1.29, 1.82) is 0 Å². The SMILES string of the molecule is C/C=C/C=C/C(=O)N1CSCC1C(=O)NC(C)(C)C. The molecule has 1 fully saturated rings. The number of hydrogen-bond acceptors (Lipinski definition) is 3. The van der Waals surface area contributed by atoms with Gasteiger partial charge in [-0.1, -0.05) is 18.2 Å². The van der Waals surface area contributed by atoms with Crippen LogP contribution in [-0.2, 0) is 9.59 Å². The quantitative estimate of drug-likeness (QED) is 0.635. The Hall–Kier alpha value is -1.23. The largest absolute Gasteiger partial charge is 0.350 e. The van der Waals surface area contributed by atoms with Crippen LogP contribution in [0.4, 0.5) is 0 Å². The van der Waals surface area contributed by atoms with Gasteiger partial charge in [0, 0.05) is 17.4 Å². The van der Waals surface area contributed by atoms with Crippen LogP contribution in [-0.4, -0.2) is 39.9 Å². The zero-order valence-corrected chi connectivity index (χ0v) is 12.8. The van der Waals surface area contributed by atoms with Crippen molar-refractivity contribution < 1.29 is 9.59 Å². The standard InChI is InChI=1S/C14H22N2O2S/c1-5-6-7-8-12(17)16-10-19-9-11(16)13(18)15-14(2,3)4/h5-8,11H,9-10H2,1-4H3,(H,15,18)/b6-5+,8-7+. The number of thioether (sulfide) groups is 1. The molecule has 4 nitrogen and oxygen atoms in total. The first-order valence-corrected chi connectivity index (χ1v) is 7.50. The second-order valence-electron chi connectivity index (χ2n) is 5.45. The second kappa shape index (κ2) is 6.80. The van der Waals surface area contributed by atoms with Gasteiger partial charge in [-0.3, -0.25) is 9.59 Å². The van der Waals surface area contributed by atoms with Crippen molar-refractivity contribution in [1.82, 2.24) is 10.2 Å². The van der Waals surface area contributed by atoms with Gasteiger partial charge in [-0.2, -0.15) is 0 Å². The van der Waals surface area contributed by atoms with Gasteiger partial charge in [-0.05, 0) is 27.7 Å². The van der Waals surface area contributed by atoms with E-state index in [0.717, 1.165) is 0 Å². The summed E-state index contributed by atoms with van der Waals surface area (Å²) < 4.78 is 0. The summed E-state index contributed by atoms with van der Waals surface area (Å²) in [6.07, 6.45) is 6.85. The van der Waals surface area contributed by atoms with Gasteiger partial charge in [-0.25, -0.2) is 0 Å². The Kier molecular flexibility index (Phi) is 5.66. The molecule has 2 amide bonds. The number of hydrogen-bond donors (Lipinski definition) is 1. The monoisotopic (exact) mass is 282 g/mol. The van der Waals surface area contributed by atoms with Crippen LogP contribution in [0.15, 0.2) is 24.3 Å². The highest BCUT2D eigenvalue weighted by molar-refractivity contribution is 7.99. The van der Waals surface area contributed by atoms with E-state index in [0.29, 0.717) is 11.6 Å². The second-order valence-corrected chi connectivity index (χ2v) is 6.45. The van der Waals surface area contributed by atoms with Crippen molar-refractivity contribution >= 4 is 23.6 Å². The molecule has 0 saturated carbocycles. The lowest BCUT2D eigenvalue weighted by atomic mass is 10.1. The summed E-state index contributed by atoms with van der Waals surface area (Å²) in [5.41, 5.74) is -0.278. The normalized spacial score (nSPS) is 20.4. The third-order valence-electron chi connectivity index (χ3n) is 2.51. The van der Waals surface area contributed by atoms with Crippen LogP contribution in [0.5, 0.6) is 0 Å². The lowest BCUT2D eigenvalue weighted by molar-refractivity contribution is -0.135. The van der Waals surface area contributed by atoms with E-state index >= 15 is 0 Å². The molecule has 0 spiro atoms. The molecule has 1 aliphatic rings. The minimum absolute atomic E-state index is 0.0784. The fourth-order valence-electron chi connectivity index (χ4n) is 1.67. The van der Waals surface area contributed by atoms with Crippen LogP contribution in [0.3, 0.4) is 0 Å². The van der Waals surface area contributed by atoms with E-state index in [1.165, 1.54) is 6.08 Å². The molecule has 1 rings (SSSR count). The van der Waals surface area contributed by atoms with Gasteiger partial charge in [0.05, 0.1) is 5.88 Å². The van der Waals surface area contributed by atoms with E-state index in [1.54, 1.807) is 28.8 Å². The molecule has 1 atom stereocenters. The minimum atomic E-state index is -0.369. The highest BCUT2D eigenvalue weighted by atomic mass is 32.2. The summed E-state index contributed by atoms with van der Waals surface area (Å²) in [4.78, 5) is 25.8. The molecule has 1 heterocycles. The highest BCUT2D eigenvalue weighted by Gasteiger charge is 2.34. The number of amides is 2. The molecule has 1 N–H and O–H groups in total. The lowest BCUT2D eigenvalue weighted by Crippen LogP contribution is -2.52. The Morgan fingerprint density at radius 1 is 1.32 bits per heavy atom. The maximum atomic E-state index is 12.1. The summed E-state index contributed by atoms with van der Waals surface area (Å²) in [5.74, 6) is 1.04. The molecule has 0 aromatic carbocycles. The van der Waals surface area contributed by atoms with Crippen molar-refractivity contribution in [3.63, 3.8) is 0 Å². The molecule has 1 aliphatic heterocycles. The predicted octanol–water partition coefficient (Wildman–Crippen LogP) is 1.93. The predicted molar refractivity (Wildman–Crippen MR) is 79.8 cm³/mol. The molecule has 1 unspecified atom stereocenters. The molecule has 0 radical (unpaired) electrons. The summed E-state index contributed by atoms with van der Waals surface area (Å²) in [6.45, 7) is 7.70. The minimum Gasteiger partial charge on any atom is -0.350 e. The smallest absolute Gasteiger partial charge is 0.247 e. The van der Waals surface area contributed by atoms with Gasteiger partial charge in [-0.15, -0.1) is 11.8 Å². The lowest BCUT2D eigenvalue weighted by Gasteiger charge is -2.27. The maximum absolute atomic E-state index is 12.1.